The number of benzene rings is 1. The summed E-state index contributed by atoms with van der Waals surface area (Å²) in [6.45, 7) is 9.11. The van der Waals surface area contributed by atoms with Crippen LogP contribution < -0.4 is 10.5 Å². The molecule has 0 bridgehead atoms. The molecule has 0 spiro atoms. The first-order chi connectivity index (χ1) is 7.95. The monoisotopic (exact) mass is 299 g/mol. The van der Waals surface area contributed by atoms with E-state index in [1.165, 1.54) is 11.1 Å². The molecule has 0 unspecified atom stereocenters. The molecule has 0 heterocycles. The van der Waals surface area contributed by atoms with E-state index in [1.807, 2.05) is 0 Å². The van der Waals surface area contributed by atoms with Gasteiger partial charge in [0.2, 0.25) is 0 Å². The Kier molecular flexibility index (Phi) is 5.47. The lowest BCUT2D eigenvalue weighted by atomic mass is 9.99. The van der Waals surface area contributed by atoms with Crippen LogP contribution in [0.25, 0.3) is 0 Å². The quantitative estimate of drug-likeness (QED) is 0.896. The van der Waals surface area contributed by atoms with Crippen LogP contribution in [-0.4, -0.2) is 12.6 Å². The van der Waals surface area contributed by atoms with Gasteiger partial charge in [0, 0.05) is 4.47 Å². The molecule has 17 heavy (non-hydrogen) atoms. The highest BCUT2D eigenvalue weighted by molar-refractivity contribution is 9.10. The molecule has 1 rings (SSSR count). The average molecular weight is 300 g/mol. The van der Waals surface area contributed by atoms with Crippen molar-refractivity contribution in [3.63, 3.8) is 0 Å². The Morgan fingerprint density at radius 1 is 1.24 bits per heavy atom. The van der Waals surface area contributed by atoms with E-state index < -0.39 is 0 Å². The highest BCUT2D eigenvalue weighted by Crippen LogP contribution is 2.33. The molecule has 96 valence electrons. The topological polar surface area (TPSA) is 35.2 Å². The molecular weight excluding hydrogens is 278 g/mol. The molecule has 0 amide bonds. The van der Waals surface area contributed by atoms with Gasteiger partial charge in [0.05, 0.1) is 6.10 Å². The van der Waals surface area contributed by atoms with Crippen LogP contribution in [0.3, 0.4) is 0 Å². The Labute approximate surface area is 113 Å². The summed E-state index contributed by atoms with van der Waals surface area (Å²) in [5, 5.41) is 0. The maximum absolute atomic E-state index is 5.89. The SMILES string of the molecule is CC(C)Oc1cc(CCN)c(Br)cc1C(C)C. The number of hydrogen-bond acceptors (Lipinski definition) is 2. The molecule has 0 fully saturated rings. The van der Waals surface area contributed by atoms with Crippen molar-refractivity contribution in [3.8, 4) is 5.75 Å². The number of hydrogen-bond donors (Lipinski definition) is 1. The second-order valence-corrected chi connectivity index (χ2v) is 5.70. The molecule has 0 radical (unpaired) electrons. The zero-order valence-electron chi connectivity index (χ0n) is 11.1. The van der Waals surface area contributed by atoms with Crippen molar-refractivity contribution >= 4 is 15.9 Å². The van der Waals surface area contributed by atoms with Gasteiger partial charge in [-0.2, -0.15) is 0 Å². The minimum atomic E-state index is 0.194. The van der Waals surface area contributed by atoms with E-state index in [1.54, 1.807) is 0 Å². The molecule has 0 aliphatic rings. The Morgan fingerprint density at radius 2 is 1.88 bits per heavy atom. The van der Waals surface area contributed by atoms with E-state index in [2.05, 4.69) is 55.8 Å². The molecule has 2 N–H and O–H groups in total. The lowest BCUT2D eigenvalue weighted by Crippen LogP contribution is -2.10. The fraction of sp³-hybridized carbons (Fsp3) is 0.571. The minimum absolute atomic E-state index is 0.194. The molecule has 0 saturated heterocycles. The summed E-state index contributed by atoms with van der Waals surface area (Å²) in [4.78, 5) is 0. The van der Waals surface area contributed by atoms with E-state index in [0.29, 0.717) is 12.5 Å². The summed E-state index contributed by atoms with van der Waals surface area (Å²) in [5.74, 6) is 1.44. The van der Waals surface area contributed by atoms with E-state index in [4.69, 9.17) is 10.5 Å². The number of halogens is 1. The molecule has 2 nitrogen and oxygen atoms in total. The summed E-state index contributed by atoms with van der Waals surface area (Å²) in [6.07, 6.45) is 1.06. The summed E-state index contributed by atoms with van der Waals surface area (Å²) in [5.41, 5.74) is 8.07. The van der Waals surface area contributed by atoms with Gasteiger partial charge in [-0.25, -0.2) is 0 Å². The van der Waals surface area contributed by atoms with Gasteiger partial charge >= 0.3 is 0 Å². The van der Waals surface area contributed by atoms with Crippen molar-refractivity contribution < 1.29 is 4.74 Å². The molecule has 0 saturated carbocycles. The first kappa shape index (κ1) is 14.5. The van der Waals surface area contributed by atoms with Crippen LogP contribution >= 0.6 is 15.9 Å². The van der Waals surface area contributed by atoms with Gasteiger partial charge in [0.15, 0.2) is 0 Å². The van der Waals surface area contributed by atoms with Crippen molar-refractivity contribution in [2.45, 2.75) is 46.1 Å². The molecule has 1 aromatic rings. The van der Waals surface area contributed by atoms with E-state index in [0.717, 1.165) is 16.6 Å². The first-order valence-electron chi connectivity index (χ1n) is 6.14. The van der Waals surface area contributed by atoms with Crippen LogP contribution in [0, 0.1) is 0 Å². The fourth-order valence-corrected chi connectivity index (χ4v) is 2.32. The molecule has 1 aromatic carbocycles. The minimum Gasteiger partial charge on any atom is -0.491 e. The van der Waals surface area contributed by atoms with E-state index in [-0.39, 0.29) is 6.10 Å². The first-order valence-corrected chi connectivity index (χ1v) is 6.94. The number of ether oxygens (including phenoxy) is 1. The Balaban J connectivity index is 3.16. The molecular formula is C14H22BrNO. The molecule has 0 atom stereocenters. The zero-order valence-corrected chi connectivity index (χ0v) is 12.7. The Hall–Kier alpha value is -0.540. The van der Waals surface area contributed by atoms with Crippen molar-refractivity contribution in [2.24, 2.45) is 5.73 Å². The lowest BCUT2D eigenvalue weighted by molar-refractivity contribution is 0.239. The van der Waals surface area contributed by atoms with E-state index in [9.17, 15) is 0 Å². The average Bonchev–Trinajstić information content (AvgIpc) is 2.21. The van der Waals surface area contributed by atoms with Crippen molar-refractivity contribution in [1.82, 2.24) is 0 Å². The third-order valence-corrected chi connectivity index (χ3v) is 3.32. The second kappa shape index (κ2) is 6.41. The highest BCUT2D eigenvalue weighted by Gasteiger charge is 2.13. The smallest absolute Gasteiger partial charge is 0.123 e. The van der Waals surface area contributed by atoms with Gasteiger partial charge in [0.25, 0.3) is 0 Å². The summed E-state index contributed by atoms with van der Waals surface area (Å²) in [7, 11) is 0. The van der Waals surface area contributed by atoms with Gasteiger partial charge in [-0.15, -0.1) is 0 Å². The lowest BCUT2D eigenvalue weighted by Gasteiger charge is -2.19. The van der Waals surface area contributed by atoms with Crippen molar-refractivity contribution in [1.29, 1.82) is 0 Å². The Morgan fingerprint density at radius 3 is 2.35 bits per heavy atom. The normalized spacial score (nSPS) is 11.3. The summed E-state index contributed by atoms with van der Waals surface area (Å²) in [6, 6.07) is 4.28. The van der Waals surface area contributed by atoms with Gasteiger partial charge in [-0.3, -0.25) is 0 Å². The summed E-state index contributed by atoms with van der Waals surface area (Å²) >= 11 is 3.61. The van der Waals surface area contributed by atoms with Gasteiger partial charge in [0.1, 0.15) is 5.75 Å². The predicted molar refractivity (Wildman–Crippen MR) is 76.8 cm³/mol. The van der Waals surface area contributed by atoms with Crippen molar-refractivity contribution in [2.75, 3.05) is 6.54 Å². The standard InChI is InChI=1S/C14H22BrNO/c1-9(2)12-8-13(15)11(5-6-16)7-14(12)17-10(3)4/h7-10H,5-6,16H2,1-4H3. The zero-order chi connectivity index (χ0) is 13.0. The summed E-state index contributed by atoms with van der Waals surface area (Å²) < 4.78 is 7.01. The third kappa shape index (κ3) is 4.00. The predicted octanol–water partition coefficient (Wildman–Crippen LogP) is 3.86. The van der Waals surface area contributed by atoms with Crippen LogP contribution in [0.4, 0.5) is 0 Å². The number of nitrogens with two attached hydrogens (primary N) is 1. The van der Waals surface area contributed by atoms with E-state index >= 15 is 0 Å². The Bertz CT molecular complexity index is 375. The second-order valence-electron chi connectivity index (χ2n) is 4.84. The van der Waals surface area contributed by atoms with Gasteiger partial charge < -0.3 is 10.5 Å². The van der Waals surface area contributed by atoms with Crippen molar-refractivity contribution in [3.05, 3.63) is 27.7 Å². The molecule has 0 aromatic heterocycles. The van der Waals surface area contributed by atoms with Crippen LogP contribution in [0.1, 0.15) is 44.7 Å². The maximum atomic E-state index is 5.89. The fourth-order valence-electron chi connectivity index (χ4n) is 1.77. The highest BCUT2D eigenvalue weighted by atomic mass is 79.9. The van der Waals surface area contributed by atoms with Crippen LogP contribution in [-0.2, 0) is 6.42 Å². The molecule has 3 heteroatoms. The molecule has 0 aliphatic carbocycles. The van der Waals surface area contributed by atoms with Gasteiger partial charge in [-0.1, -0.05) is 29.8 Å². The van der Waals surface area contributed by atoms with Crippen LogP contribution in [0.15, 0.2) is 16.6 Å². The molecule has 0 aliphatic heterocycles. The third-order valence-electron chi connectivity index (χ3n) is 2.58. The van der Waals surface area contributed by atoms with Crippen LogP contribution in [0.2, 0.25) is 0 Å². The largest absolute Gasteiger partial charge is 0.491 e. The van der Waals surface area contributed by atoms with Gasteiger partial charge in [-0.05, 0) is 56.0 Å². The number of rotatable bonds is 5. The maximum Gasteiger partial charge on any atom is 0.123 e. The van der Waals surface area contributed by atoms with Crippen LogP contribution in [0.5, 0.6) is 5.75 Å².